The van der Waals surface area contributed by atoms with Crippen LogP contribution < -0.4 is 5.32 Å². The van der Waals surface area contributed by atoms with E-state index < -0.39 is 9.84 Å². The summed E-state index contributed by atoms with van der Waals surface area (Å²) in [7, 11) is -1.28. The van der Waals surface area contributed by atoms with Crippen molar-refractivity contribution in [2.24, 2.45) is 7.05 Å². The number of nitrogens with zero attached hydrogens (tertiary/aromatic N) is 4. The van der Waals surface area contributed by atoms with E-state index in [1.54, 1.807) is 17.0 Å². The highest BCUT2D eigenvalue weighted by atomic mass is 32.2. The summed E-state index contributed by atoms with van der Waals surface area (Å²) in [5.74, 6) is 1.36. The van der Waals surface area contributed by atoms with Gasteiger partial charge in [-0.2, -0.15) is 5.10 Å². The predicted octanol–water partition coefficient (Wildman–Crippen LogP) is 1.38. The zero-order valence-electron chi connectivity index (χ0n) is 13.0. The van der Waals surface area contributed by atoms with Gasteiger partial charge in [-0.15, -0.1) is 0 Å². The fourth-order valence-electron chi connectivity index (χ4n) is 2.31. The van der Waals surface area contributed by atoms with E-state index in [2.05, 4.69) is 20.4 Å². The van der Waals surface area contributed by atoms with E-state index in [-0.39, 0.29) is 17.2 Å². The van der Waals surface area contributed by atoms with Gasteiger partial charge in [0.05, 0.1) is 23.4 Å². The predicted molar refractivity (Wildman–Crippen MR) is 85.3 cm³/mol. The number of rotatable bonds is 2. The molecule has 3 rings (SSSR count). The first-order chi connectivity index (χ1) is 10.2. The molecular formula is C14H19N5O2S. The average molecular weight is 321 g/mol. The van der Waals surface area contributed by atoms with Gasteiger partial charge in [0.1, 0.15) is 11.6 Å². The zero-order chi connectivity index (χ0) is 16.1. The number of fused-ring (bicyclic) bond motifs is 1. The van der Waals surface area contributed by atoms with Gasteiger partial charge in [0.15, 0.2) is 15.5 Å². The Hall–Kier alpha value is -1.96. The first kappa shape index (κ1) is 15.0. The summed E-state index contributed by atoms with van der Waals surface area (Å²) < 4.78 is 24.8. The van der Waals surface area contributed by atoms with Crippen LogP contribution in [0.25, 0.3) is 11.0 Å². The van der Waals surface area contributed by atoms with Crippen LogP contribution in [0.15, 0.2) is 17.7 Å². The number of sulfone groups is 1. The number of aromatic nitrogens is 4. The molecule has 1 N–H and O–H groups in total. The molecule has 0 bridgehead atoms. The molecule has 1 aliphatic heterocycles. The van der Waals surface area contributed by atoms with E-state index in [4.69, 9.17) is 0 Å². The van der Waals surface area contributed by atoms with E-state index in [1.807, 2.05) is 27.8 Å². The molecule has 3 heterocycles. The molecule has 0 amide bonds. The van der Waals surface area contributed by atoms with Crippen LogP contribution in [-0.2, 0) is 22.3 Å². The highest BCUT2D eigenvalue weighted by Gasteiger charge is 2.25. The Kier molecular flexibility index (Phi) is 3.24. The van der Waals surface area contributed by atoms with Gasteiger partial charge in [0.25, 0.3) is 0 Å². The SMILES string of the molecule is Cn1ncc2c(N[C@@H]3C=CS(=O)(=O)C3)nc(C(C)(C)C)nc21. The third-order valence-electron chi connectivity index (χ3n) is 3.52. The fraction of sp³-hybridized carbons (Fsp3) is 0.500. The highest BCUT2D eigenvalue weighted by molar-refractivity contribution is 7.94. The largest absolute Gasteiger partial charge is 0.362 e. The van der Waals surface area contributed by atoms with Crippen LogP contribution in [0.2, 0.25) is 0 Å². The van der Waals surface area contributed by atoms with Gasteiger partial charge in [-0.1, -0.05) is 20.8 Å². The lowest BCUT2D eigenvalue weighted by Crippen LogP contribution is -2.24. The van der Waals surface area contributed by atoms with Crippen LogP contribution in [0, 0.1) is 0 Å². The number of aryl methyl sites for hydroxylation is 1. The van der Waals surface area contributed by atoms with Gasteiger partial charge in [-0.25, -0.2) is 18.4 Å². The lowest BCUT2D eigenvalue weighted by Gasteiger charge is -2.19. The van der Waals surface area contributed by atoms with Gasteiger partial charge >= 0.3 is 0 Å². The molecule has 2 aromatic heterocycles. The van der Waals surface area contributed by atoms with E-state index >= 15 is 0 Å². The molecule has 8 heteroatoms. The summed E-state index contributed by atoms with van der Waals surface area (Å²) in [5.41, 5.74) is 0.513. The maximum Gasteiger partial charge on any atom is 0.173 e. The summed E-state index contributed by atoms with van der Waals surface area (Å²) >= 11 is 0. The van der Waals surface area contributed by atoms with E-state index in [9.17, 15) is 8.42 Å². The number of nitrogens with one attached hydrogen (secondary N) is 1. The van der Waals surface area contributed by atoms with Crippen LogP contribution in [0.3, 0.4) is 0 Å². The minimum atomic E-state index is -3.11. The van der Waals surface area contributed by atoms with Gasteiger partial charge in [0, 0.05) is 17.9 Å². The molecule has 0 fully saturated rings. The fourth-order valence-corrected chi connectivity index (χ4v) is 3.54. The van der Waals surface area contributed by atoms with Crippen molar-refractivity contribution in [1.82, 2.24) is 19.7 Å². The van der Waals surface area contributed by atoms with Gasteiger partial charge < -0.3 is 5.32 Å². The molecule has 2 aromatic rings. The van der Waals surface area contributed by atoms with Crippen molar-refractivity contribution in [2.45, 2.75) is 32.2 Å². The monoisotopic (exact) mass is 321 g/mol. The number of hydrogen-bond donors (Lipinski definition) is 1. The first-order valence-electron chi connectivity index (χ1n) is 7.03. The second-order valence-corrected chi connectivity index (χ2v) is 8.49. The van der Waals surface area contributed by atoms with Crippen LogP contribution in [-0.4, -0.2) is 40.0 Å². The van der Waals surface area contributed by atoms with Crippen molar-refractivity contribution < 1.29 is 8.42 Å². The average Bonchev–Trinajstić information content (AvgIpc) is 2.92. The summed E-state index contributed by atoms with van der Waals surface area (Å²) in [6.07, 6.45) is 3.34. The van der Waals surface area contributed by atoms with Gasteiger partial charge in [-0.05, 0) is 6.08 Å². The Morgan fingerprint density at radius 2 is 2.05 bits per heavy atom. The minimum absolute atomic E-state index is 0.0452. The smallest absolute Gasteiger partial charge is 0.173 e. The molecule has 0 saturated heterocycles. The second kappa shape index (κ2) is 4.77. The van der Waals surface area contributed by atoms with Crippen molar-refractivity contribution in [3.8, 4) is 0 Å². The molecule has 1 atom stereocenters. The van der Waals surface area contributed by atoms with Gasteiger partial charge in [-0.3, -0.25) is 4.68 Å². The highest BCUT2D eigenvalue weighted by Crippen LogP contribution is 2.27. The Morgan fingerprint density at radius 1 is 1.32 bits per heavy atom. The Labute approximate surface area is 129 Å². The minimum Gasteiger partial charge on any atom is -0.362 e. The van der Waals surface area contributed by atoms with Crippen LogP contribution in [0.4, 0.5) is 5.82 Å². The van der Waals surface area contributed by atoms with E-state index in [0.717, 1.165) is 11.0 Å². The number of anilines is 1. The summed E-state index contributed by atoms with van der Waals surface area (Å²) in [5, 5.41) is 9.45. The van der Waals surface area contributed by atoms with Crippen molar-refractivity contribution in [3.63, 3.8) is 0 Å². The molecule has 7 nitrogen and oxygen atoms in total. The molecule has 118 valence electrons. The molecule has 0 saturated carbocycles. The maximum atomic E-state index is 11.5. The molecule has 0 spiro atoms. The molecule has 0 aromatic carbocycles. The summed E-state index contributed by atoms with van der Waals surface area (Å²) in [6, 6.07) is -0.281. The Morgan fingerprint density at radius 3 is 2.64 bits per heavy atom. The standard InChI is InChI=1S/C14H19N5O2S/c1-14(2,3)13-17-11(10-7-15-19(4)12(10)18-13)16-9-5-6-22(20,21)8-9/h5-7,9H,8H2,1-4H3,(H,16,17,18)/t9-/m1/s1. The van der Waals surface area contributed by atoms with Crippen molar-refractivity contribution >= 4 is 26.7 Å². The van der Waals surface area contributed by atoms with Crippen LogP contribution in [0.5, 0.6) is 0 Å². The summed E-state index contributed by atoms with van der Waals surface area (Å²) in [6.45, 7) is 6.11. The third kappa shape index (κ3) is 2.70. The number of hydrogen-bond acceptors (Lipinski definition) is 6. The lowest BCUT2D eigenvalue weighted by atomic mass is 9.95. The van der Waals surface area contributed by atoms with Gasteiger partial charge in [0.2, 0.25) is 0 Å². The topological polar surface area (TPSA) is 89.8 Å². The Balaban J connectivity index is 2.06. The van der Waals surface area contributed by atoms with Crippen molar-refractivity contribution in [2.75, 3.05) is 11.1 Å². The molecule has 1 aliphatic rings. The lowest BCUT2D eigenvalue weighted by molar-refractivity contribution is 0.547. The van der Waals surface area contributed by atoms with Crippen molar-refractivity contribution in [3.05, 3.63) is 23.5 Å². The normalized spacial score (nSPS) is 20.6. The first-order valence-corrected chi connectivity index (χ1v) is 8.75. The molecule has 0 unspecified atom stereocenters. The second-order valence-electron chi connectivity index (χ2n) is 6.56. The zero-order valence-corrected chi connectivity index (χ0v) is 13.8. The quantitative estimate of drug-likeness (QED) is 0.899. The molecule has 22 heavy (non-hydrogen) atoms. The van der Waals surface area contributed by atoms with Crippen molar-refractivity contribution in [1.29, 1.82) is 0 Å². The molecule has 0 radical (unpaired) electrons. The van der Waals surface area contributed by atoms with E-state index in [1.165, 1.54) is 5.41 Å². The van der Waals surface area contributed by atoms with Crippen LogP contribution in [0.1, 0.15) is 26.6 Å². The van der Waals surface area contributed by atoms with E-state index in [0.29, 0.717) is 11.6 Å². The van der Waals surface area contributed by atoms with Crippen LogP contribution >= 0.6 is 0 Å². The maximum absolute atomic E-state index is 11.5. The summed E-state index contributed by atoms with van der Waals surface area (Å²) in [4.78, 5) is 9.18. The molecule has 0 aliphatic carbocycles. The molecular weight excluding hydrogens is 302 g/mol. The third-order valence-corrected chi connectivity index (χ3v) is 4.91. The Bertz CT molecular complexity index is 861.